The van der Waals surface area contributed by atoms with Crippen LogP contribution in [0, 0.1) is 0 Å². The van der Waals surface area contributed by atoms with Gasteiger partial charge in [0.2, 0.25) is 8.32 Å². The first-order valence-electron chi connectivity index (χ1n) is 6.27. The summed E-state index contributed by atoms with van der Waals surface area (Å²) in [7, 11) is -1.50. The average molecular weight is 354 g/mol. The Labute approximate surface area is 136 Å². The smallest absolute Gasteiger partial charge is 0.562 e. The third kappa shape index (κ3) is 8.22. The molecule has 0 aromatic heterocycles. The summed E-state index contributed by atoms with van der Waals surface area (Å²) in [6.07, 6.45) is 0. The molecular formula is C15H22O2SiZr. The van der Waals surface area contributed by atoms with E-state index >= 15 is 0 Å². The minimum Gasteiger partial charge on any atom is -0.562 e. The van der Waals surface area contributed by atoms with Crippen molar-refractivity contribution in [3.8, 4) is 11.5 Å². The van der Waals surface area contributed by atoms with Gasteiger partial charge in [-0.1, -0.05) is 0 Å². The molecule has 0 spiro atoms. The standard InChI is InChI=1S/C10H17O2Si.C5H5.Zr/c1-5-11-9-7-6-8-10(9)12-13(2,3)4;1-2-4-5-3-1;/h6-8H,5H2,1-4H3;1-5H;/q2*-1;+2. The molecule has 19 heavy (non-hydrogen) atoms. The topological polar surface area (TPSA) is 18.5 Å². The van der Waals surface area contributed by atoms with Crippen molar-refractivity contribution in [2.45, 2.75) is 26.6 Å². The normalized spacial score (nSPS) is 9.89. The molecule has 0 aliphatic heterocycles. The minimum absolute atomic E-state index is 0. The fourth-order valence-electron chi connectivity index (χ4n) is 1.40. The Morgan fingerprint density at radius 2 is 1.79 bits per heavy atom. The minimum atomic E-state index is -1.50. The monoisotopic (exact) mass is 352 g/mol. The van der Waals surface area contributed by atoms with Gasteiger partial charge in [-0.25, -0.2) is 18.2 Å². The molecule has 2 aromatic rings. The summed E-state index contributed by atoms with van der Waals surface area (Å²) < 4.78 is 11.3. The van der Waals surface area contributed by atoms with Crippen molar-refractivity contribution >= 4 is 8.32 Å². The van der Waals surface area contributed by atoms with Gasteiger partial charge in [-0.3, -0.25) is 0 Å². The van der Waals surface area contributed by atoms with Gasteiger partial charge in [0.15, 0.2) is 0 Å². The third-order valence-electron chi connectivity index (χ3n) is 2.01. The van der Waals surface area contributed by atoms with Crippen LogP contribution in [0.1, 0.15) is 6.92 Å². The second-order valence-electron chi connectivity index (χ2n) is 4.86. The molecule has 0 aliphatic carbocycles. The van der Waals surface area contributed by atoms with Crippen molar-refractivity contribution in [1.29, 1.82) is 0 Å². The zero-order valence-electron chi connectivity index (χ0n) is 12.1. The summed E-state index contributed by atoms with van der Waals surface area (Å²) in [4.78, 5) is 0. The Kier molecular flexibility index (Phi) is 9.03. The maximum absolute atomic E-state index is 5.84. The predicted molar refractivity (Wildman–Crippen MR) is 79.2 cm³/mol. The van der Waals surface area contributed by atoms with Gasteiger partial charge in [0.05, 0.1) is 6.61 Å². The molecule has 0 fully saturated rings. The molecule has 0 radical (unpaired) electrons. The summed E-state index contributed by atoms with van der Waals surface area (Å²) in [5.41, 5.74) is 0. The molecule has 0 aliphatic rings. The Hall–Kier alpha value is -0.600. The van der Waals surface area contributed by atoms with Gasteiger partial charge in [0, 0.05) is 11.5 Å². The van der Waals surface area contributed by atoms with E-state index in [1.165, 1.54) is 0 Å². The molecule has 0 saturated carbocycles. The number of ether oxygens (including phenoxy) is 1. The van der Waals surface area contributed by atoms with Crippen LogP contribution in [-0.2, 0) is 26.2 Å². The van der Waals surface area contributed by atoms with Crippen molar-refractivity contribution in [2.24, 2.45) is 0 Å². The molecule has 0 bridgehead atoms. The Bertz CT molecular complexity index is 398. The van der Waals surface area contributed by atoms with Gasteiger partial charge in [-0.2, -0.15) is 24.3 Å². The molecule has 0 atom stereocenters. The van der Waals surface area contributed by atoms with Crippen LogP contribution in [0.5, 0.6) is 11.5 Å². The Balaban J connectivity index is 0.000000454. The van der Waals surface area contributed by atoms with Crippen molar-refractivity contribution in [1.82, 2.24) is 0 Å². The first kappa shape index (κ1) is 18.4. The van der Waals surface area contributed by atoms with Crippen LogP contribution < -0.4 is 9.16 Å². The molecule has 0 unspecified atom stereocenters. The molecule has 2 rings (SSSR count). The van der Waals surface area contributed by atoms with Crippen LogP contribution >= 0.6 is 0 Å². The first-order chi connectivity index (χ1) is 8.53. The van der Waals surface area contributed by atoms with E-state index in [0.717, 1.165) is 11.5 Å². The number of rotatable bonds is 4. The number of hydrogen-bond acceptors (Lipinski definition) is 2. The molecule has 4 heteroatoms. The van der Waals surface area contributed by atoms with Gasteiger partial charge >= 0.3 is 26.2 Å². The zero-order valence-corrected chi connectivity index (χ0v) is 15.6. The molecular weight excluding hydrogens is 331 g/mol. The molecule has 2 nitrogen and oxygen atoms in total. The van der Waals surface area contributed by atoms with E-state index in [2.05, 4.69) is 19.6 Å². The Morgan fingerprint density at radius 1 is 1.16 bits per heavy atom. The van der Waals surface area contributed by atoms with Crippen LogP contribution in [0.4, 0.5) is 0 Å². The SMILES string of the molecule is CCO[c-]1cccc1O[Si](C)(C)C.[Zr+2].c1cc[cH-]c1. The van der Waals surface area contributed by atoms with E-state index in [9.17, 15) is 0 Å². The van der Waals surface area contributed by atoms with E-state index in [-0.39, 0.29) is 26.2 Å². The second-order valence-corrected chi connectivity index (χ2v) is 9.29. The molecule has 0 N–H and O–H groups in total. The quantitative estimate of drug-likeness (QED) is 0.598. The van der Waals surface area contributed by atoms with E-state index in [1.807, 2.05) is 55.5 Å². The maximum atomic E-state index is 5.84. The summed E-state index contributed by atoms with van der Waals surface area (Å²) in [5, 5.41) is 0. The van der Waals surface area contributed by atoms with Crippen LogP contribution in [0.3, 0.4) is 0 Å². The summed E-state index contributed by atoms with van der Waals surface area (Å²) in [6, 6.07) is 15.9. The van der Waals surface area contributed by atoms with E-state index in [4.69, 9.17) is 9.16 Å². The van der Waals surface area contributed by atoms with Crippen molar-refractivity contribution in [3.05, 3.63) is 48.5 Å². The first-order valence-corrected chi connectivity index (χ1v) is 9.68. The molecule has 0 amide bonds. The third-order valence-corrected chi connectivity index (χ3v) is 2.84. The molecule has 0 saturated heterocycles. The summed E-state index contributed by atoms with van der Waals surface area (Å²) in [5.74, 6) is 1.76. The van der Waals surface area contributed by atoms with Gasteiger partial charge in [0.25, 0.3) is 0 Å². The second kappa shape index (κ2) is 9.33. The van der Waals surface area contributed by atoms with Crippen molar-refractivity contribution in [3.63, 3.8) is 0 Å². The molecule has 2 aromatic carbocycles. The summed E-state index contributed by atoms with van der Waals surface area (Å²) in [6.45, 7) is 9.15. The Morgan fingerprint density at radius 3 is 2.21 bits per heavy atom. The van der Waals surface area contributed by atoms with Crippen molar-refractivity contribution in [2.75, 3.05) is 6.61 Å². The van der Waals surface area contributed by atoms with Gasteiger partial charge in [-0.05, 0) is 26.6 Å². The van der Waals surface area contributed by atoms with Gasteiger partial charge < -0.3 is 9.16 Å². The molecule has 0 heterocycles. The van der Waals surface area contributed by atoms with Crippen molar-refractivity contribution < 1.29 is 35.4 Å². The van der Waals surface area contributed by atoms with E-state index < -0.39 is 8.32 Å². The van der Waals surface area contributed by atoms with Gasteiger partial charge in [0.1, 0.15) is 0 Å². The fourth-order valence-corrected chi connectivity index (χ4v) is 2.23. The van der Waals surface area contributed by atoms with Gasteiger partial charge in [-0.15, -0.1) is 6.07 Å². The van der Waals surface area contributed by atoms with Crippen LogP contribution in [0.25, 0.3) is 0 Å². The maximum Gasteiger partial charge on any atom is 2.00 e. The fraction of sp³-hybridized carbons (Fsp3) is 0.333. The number of hydrogen-bond donors (Lipinski definition) is 0. The average Bonchev–Trinajstić information content (AvgIpc) is 2.91. The summed E-state index contributed by atoms with van der Waals surface area (Å²) >= 11 is 0. The van der Waals surface area contributed by atoms with Crippen LogP contribution in [0.2, 0.25) is 19.6 Å². The van der Waals surface area contributed by atoms with E-state index in [0.29, 0.717) is 6.61 Å². The zero-order chi connectivity index (χ0) is 13.4. The predicted octanol–water partition coefficient (Wildman–Crippen LogP) is 4.42. The van der Waals surface area contributed by atoms with E-state index in [1.54, 1.807) is 0 Å². The van der Waals surface area contributed by atoms with Crippen LogP contribution in [-0.4, -0.2) is 14.9 Å². The largest absolute Gasteiger partial charge is 2.00 e. The van der Waals surface area contributed by atoms with Crippen LogP contribution in [0.15, 0.2) is 48.5 Å². The molecule has 102 valence electrons.